The molecule has 0 aliphatic carbocycles. The van der Waals surface area contributed by atoms with Crippen molar-refractivity contribution in [3.63, 3.8) is 0 Å². The molecule has 1 heterocycles. The number of nitriles is 1. The van der Waals surface area contributed by atoms with Crippen molar-refractivity contribution < 1.29 is 19.1 Å². The molecule has 6 nitrogen and oxygen atoms in total. The molecule has 1 amide bonds. The Kier molecular flexibility index (Phi) is 5.41. The number of anilines is 1. The molecular formula is C21H20N2O4. The molecular weight excluding hydrogens is 344 g/mol. The van der Waals surface area contributed by atoms with Gasteiger partial charge in [0.15, 0.2) is 12.7 Å². The smallest absolute Gasteiger partial charge is 0.344 e. The summed E-state index contributed by atoms with van der Waals surface area (Å²) in [6.07, 6.45) is -0.155. The number of esters is 1. The van der Waals surface area contributed by atoms with Gasteiger partial charge < -0.3 is 14.4 Å². The van der Waals surface area contributed by atoms with E-state index in [2.05, 4.69) is 0 Å². The van der Waals surface area contributed by atoms with Gasteiger partial charge in [0, 0.05) is 11.7 Å². The van der Waals surface area contributed by atoms with Crippen LogP contribution >= 0.6 is 0 Å². The summed E-state index contributed by atoms with van der Waals surface area (Å²) in [5, 5.41) is 9.03. The molecule has 0 radical (unpaired) electrons. The highest BCUT2D eigenvalue weighted by Gasteiger charge is 2.34. The fraction of sp³-hybridized carbons (Fsp3) is 0.286. The van der Waals surface area contributed by atoms with Crippen LogP contribution in [0.25, 0.3) is 0 Å². The number of nitrogens with zero attached hydrogens (tertiary/aromatic N) is 2. The second-order valence-corrected chi connectivity index (χ2v) is 6.42. The van der Waals surface area contributed by atoms with Gasteiger partial charge in [0.2, 0.25) is 0 Å². The van der Waals surface area contributed by atoms with Crippen LogP contribution in [-0.4, -0.2) is 30.6 Å². The molecule has 138 valence electrons. The first-order valence-corrected chi connectivity index (χ1v) is 8.73. The van der Waals surface area contributed by atoms with E-state index < -0.39 is 12.1 Å². The Morgan fingerprint density at radius 3 is 2.70 bits per heavy atom. The number of benzene rings is 2. The van der Waals surface area contributed by atoms with Crippen LogP contribution in [0.3, 0.4) is 0 Å². The van der Waals surface area contributed by atoms with Gasteiger partial charge in [-0.2, -0.15) is 5.26 Å². The number of ether oxygens (including phenoxy) is 2. The molecule has 0 aromatic heterocycles. The molecule has 1 aliphatic rings. The Morgan fingerprint density at radius 2 is 1.93 bits per heavy atom. The van der Waals surface area contributed by atoms with E-state index in [0.29, 0.717) is 11.3 Å². The van der Waals surface area contributed by atoms with Crippen molar-refractivity contribution in [2.45, 2.75) is 32.4 Å². The Hall–Kier alpha value is -3.33. The molecule has 0 spiro atoms. The van der Waals surface area contributed by atoms with E-state index in [1.165, 1.54) is 0 Å². The van der Waals surface area contributed by atoms with Gasteiger partial charge in [0.1, 0.15) is 11.8 Å². The molecule has 1 aliphatic heterocycles. The minimum atomic E-state index is -0.930. The van der Waals surface area contributed by atoms with Crippen LogP contribution in [0.4, 0.5) is 5.69 Å². The Labute approximate surface area is 157 Å². The van der Waals surface area contributed by atoms with Crippen LogP contribution < -0.4 is 9.64 Å². The number of para-hydroxylation sites is 2. The van der Waals surface area contributed by atoms with Crippen molar-refractivity contribution in [3.05, 3.63) is 59.7 Å². The van der Waals surface area contributed by atoms with E-state index in [1.54, 1.807) is 36.1 Å². The normalized spacial score (nSPS) is 16.2. The average Bonchev–Trinajstić information content (AvgIpc) is 3.01. The highest BCUT2D eigenvalue weighted by atomic mass is 16.6. The van der Waals surface area contributed by atoms with Crippen LogP contribution in [0, 0.1) is 11.3 Å². The monoisotopic (exact) mass is 364 g/mol. The van der Waals surface area contributed by atoms with Crippen LogP contribution in [-0.2, 0) is 20.7 Å². The van der Waals surface area contributed by atoms with Gasteiger partial charge in [-0.25, -0.2) is 4.79 Å². The lowest BCUT2D eigenvalue weighted by molar-refractivity contribution is -0.155. The van der Waals surface area contributed by atoms with Crippen molar-refractivity contribution in [2.24, 2.45) is 0 Å². The third kappa shape index (κ3) is 3.93. The van der Waals surface area contributed by atoms with Crippen molar-refractivity contribution in [3.8, 4) is 11.8 Å². The summed E-state index contributed by atoms with van der Waals surface area (Å²) in [6.45, 7) is 3.15. The highest BCUT2D eigenvalue weighted by Crippen LogP contribution is 2.32. The van der Waals surface area contributed by atoms with Crippen LogP contribution in [0.1, 0.15) is 25.0 Å². The molecule has 0 bridgehead atoms. The number of carbonyl (C=O) groups is 2. The summed E-state index contributed by atoms with van der Waals surface area (Å²) in [6, 6.07) is 16.3. The fourth-order valence-corrected chi connectivity index (χ4v) is 3.20. The molecule has 27 heavy (non-hydrogen) atoms. The third-order valence-electron chi connectivity index (χ3n) is 4.45. The lowest BCUT2D eigenvalue weighted by Gasteiger charge is -2.25. The lowest BCUT2D eigenvalue weighted by atomic mass is 10.1. The predicted molar refractivity (Wildman–Crippen MR) is 99.3 cm³/mol. The van der Waals surface area contributed by atoms with Crippen LogP contribution in [0.15, 0.2) is 48.5 Å². The molecule has 0 N–H and O–H groups in total. The van der Waals surface area contributed by atoms with Gasteiger partial charge in [0.25, 0.3) is 5.91 Å². The largest absolute Gasteiger partial charge is 0.481 e. The summed E-state index contributed by atoms with van der Waals surface area (Å²) in [7, 11) is 0. The Balaban J connectivity index is 1.60. The molecule has 0 unspecified atom stereocenters. The fourth-order valence-electron chi connectivity index (χ4n) is 3.20. The first-order valence-electron chi connectivity index (χ1n) is 8.73. The molecule has 6 heteroatoms. The maximum absolute atomic E-state index is 12.8. The first-order chi connectivity index (χ1) is 13.0. The molecule has 0 fully saturated rings. The predicted octanol–water partition coefficient (Wildman–Crippen LogP) is 2.85. The molecule has 0 saturated carbocycles. The van der Waals surface area contributed by atoms with E-state index in [1.807, 2.05) is 37.3 Å². The zero-order valence-corrected chi connectivity index (χ0v) is 15.2. The van der Waals surface area contributed by atoms with Crippen LogP contribution in [0.5, 0.6) is 5.75 Å². The van der Waals surface area contributed by atoms with Gasteiger partial charge >= 0.3 is 5.97 Å². The van der Waals surface area contributed by atoms with E-state index in [0.717, 1.165) is 17.7 Å². The Bertz CT molecular complexity index is 903. The van der Waals surface area contributed by atoms with Gasteiger partial charge in [-0.3, -0.25) is 4.79 Å². The SMILES string of the molecule is C[C@@H](OC(=O)COc1ccccc1C#N)C(=O)N1c2ccccc2C[C@@H]1C. The summed E-state index contributed by atoms with van der Waals surface area (Å²) >= 11 is 0. The number of carbonyl (C=O) groups excluding carboxylic acids is 2. The average molecular weight is 364 g/mol. The number of fused-ring (bicyclic) bond motifs is 1. The molecule has 0 saturated heterocycles. The van der Waals surface area contributed by atoms with Gasteiger partial charge in [-0.15, -0.1) is 0 Å². The quantitative estimate of drug-likeness (QED) is 0.762. The van der Waals surface area contributed by atoms with Gasteiger partial charge in [0.05, 0.1) is 5.56 Å². The Morgan fingerprint density at radius 1 is 1.22 bits per heavy atom. The zero-order valence-electron chi connectivity index (χ0n) is 15.2. The van der Waals surface area contributed by atoms with E-state index in [-0.39, 0.29) is 18.6 Å². The first kappa shape index (κ1) is 18.5. The topological polar surface area (TPSA) is 79.6 Å². The second-order valence-electron chi connectivity index (χ2n) is 6.42. The second kappa shape index (κ2) is 7.92. The van der Waals surface area contributed by atoms with Crippen molar-refractivity contribution in [1.29, 1.82) is 5.26 Å². The third-order valence-corrected chi connectivity index (χ3v) is 4.45. The minimum Gasteiger partial charge on any atom is -0.481 e. The van der Waals surface area contributed by atoms with Gasteiger partial charge in [-0.05, 0) is 44.0 Å². The maximum atomic E-state index is 12.8. The number of amides is 1. The summed E-state index contributed by atoms with van der Waals surface area (Å²) in [4.78, 5) is 26.5. The van der Waals surface area contributed by atoms with Gasteiger partial charge in [-0.1, -0.05) is 30.3 Å². The minimum absolute atomic E-state index is 0.00908. The molecule has 3 rings (SSSR count). The van der Waals surface area contributed by atoms with E-state index in [9.17, 15) is 9.59 Å². The number of hydrogen-bond donors (Lipinski definition) is 0. The summed E-state index contributed by atoms with van der Waals surface area (Å²) in [5.74, 6) is -0.625. The number of hydrogen-bond acceptors (Lipinski definition) is 5. The van der Waals surface area contributed by atoms with E-state index >= 15 is 0 Å². The maximum Gasteiger partial charge on any atom is 0.344 e. The molecule has 2 aromatic carbocycles. The lowest BCUT2D eigenvalue weighted by Crippen LogP contribution is -2.43. The molecule has 2 atom stereocenters. The van der Waals surface area contributed by atoms with E-state index in [4.69, 9.17) is 14.7 Å². The van der Waals surface area contributed by atoms with Crippen molar-refractivity contribution in [1.82, 2.24) is 0 Å². The van der Waals surface area contributed by atoms with Crippen LogP contribution in [0.2, 0.25) is 0 Å². The van der Waals surface area contributed by atoms with Crippen molar-refractivity contribution >= 4 is 17.6 Å². The summed E-state index contributed by atoms with van der Waals surface area (Å²) < 4.78 is 10.6. The van der Waals surface area contributed by atoms with Crippen molar-refractivity contribution in [2.75, 3.05) is 11.5 Å². The molecule has 2 aromatic rings. The number of rotatable bonds is 5. The highest BCUT2D eigenvalue weighted by molar-refractivity contribution is 5.99. The standard InChI is InChI=1S/C21H20N2O4/c1-14-11-16-7-3-5-9-18(16)23(14)21(25)15(2)27-20(24)13-26-19-10-6-4-8-17(19)12-22/h3-10,14-15H,11,13H2,1-2H3/t14-,15+/m0/s1. The summed E-state index contributed by atoms with van der Waals surface area (Å²) in [5.41, 5.74) is 2.29. The zero-order chi connectivity index (χ0) is 19.4.